The predicted octanol–water partition coefficient (Wildman–Crippen LogP) is 0.424. The highest BCUT2D eigenvalue weighted by molar-refractivity contribution is 9.10. The number of ketones is 1. The van der Waals surface area contributed by atoms with Gasteiger partial charge < -0.3 is 17.0 Å². The van der Waals surface area contributed by atoms with Crippen molar-refractivity contribution in [2.45, 2.75) is 13.5 Å². The maximum atomic E-state index is 12.5. The lowest BCUT2D eigenvalue weighted by Crippen LogP contribution is -3.00. The van der Waals surface area contributed by atoms with E-state index in [0.717, 1.165) is 26.9 Å². The van der Waals surface area contributed by atoms with E-state index < -0.39 is 0 Å². The molecule has 0 atom stereocenters. The van der Waals surface area contributed by atoms with E-state index in [9.17, 15) is 4.79 Å². The fourth-order valence-corrected chi connectivity index (χ4v) is 3.00. The van der Waals surface area contributed by atoms with Crippen LogP contribution in [0.15, 0.2) is 53.0 Å². The largest absolute Gasteiger partial charge is 1.00 e. The molecule has 0 saturated heterocycles. The molecule has 3 aromatic rings. The molecule has 114 valence electrons. The van der Waals surface area contributed by atoms with E-state index in [2.05, 4.69) is 37.2 Å². The molecule has 0 fully saturated rings. The number of hydrogen-bond acceptors (Lipinski definition) is 1. The van der Waals surface area contributed by atoms with Gasteiger partial charge in [0.25, 0.3) is 5.82 Å². The number of benzene rings is 2. The van der Waals surface area contributed by atoms with Crippen LogP contribution in [0.3, 0.4) is 0 Å². The average molecular weight is 424 g/mol. The maximum absolute atomic E-state index is 12.5. The third kappa shape index (κ3) is 3.01. The second-order valence-corrected chi connectivity index (χ2v) is 6.03. The van der Waals surface area contributed by atoms with Crippen LogP contribution in [0.2, 0.25) is 0 Å². The molecular weight excluding hydrogens is 408 g/mol. The van der Waals surface area contributed by atoms with Crippen LogP contribution >= 0.6 is 15.9 Å². The quantitative estimate of drug-likeness (QED) is 0.443. The number of rotatable bonds is 3. The number of hydrogen-bond donors (Lipinski definition) is 0. The molecule has 0 bridgehead atoms. The number of aromatic nitrogens is 2. The Labute approximate surface area is 148 Å². The van der Waals surface area contributed by atoms with Crippen LogP contribution < -0.4 is 21.5 Å². The predicted molar refractivity (Wildman–Crippen MR) is 86.3 cm³/mol. The molecule has 2 aromatic carbocycles. The molecule has 0 aliphatic rings. The number of halogens is 2. The molecule has 0 amide bonds. The molecule has 1 aromatic heterocycles. The smallest absolute Gasteiger partial charge is 0.254 e. The van der Waals surface area contributed by atoms with E-state index in [-0.39, 0.29) is 22.8 Å². The Balaban J connectivity index is 0.00000176. The van der Waals surface area contributed by atoms with Crippen molar-refractivity contribution in [1.29, 1.82) is 0 Å². The first kappa shape index (κ1) is 16.9. The Morgan fingerprint density at radius 2 is 1.91 bits per heavy atom. The summed E-state index contributed by atoms with van der Waals surface area (Å²) < 4.78 is 5.11. The molecule has 0 aliphatic heterocycles. The molecule has 3 nitrogen and oxygen atoms in total. The number of Topliss-reactive ketones (excluding diaryl/α,β-unsaturated/α-hetero) is 1. The number of fused-ring (bicyclic) bond motifs is 1. The van der Waals surface area contributed by atoms with E-state index >= 15 is 0 Å². The minimum absolute atomic E-state index is 0. The molecule has 1 heterocycles. The molecule has 0 spiro atoms. The Morgan fingerprint density at radius 3 is 2.64 bits per heavy atom. The van der Waals surface area contributed by atoms with E-state index in [1.165, 1.54) is 0 Å². The summed E-state index contributed by atoms with van der Waals surface area (Å²) in [6, 6.07) is 15.7. The summed E-state index contributed by atoms with van der Waals surface area (Å²) >= 11 is 3.41. The normalized spacial score (nSPS) is 10.5. The zero-order valence-electron chi connectivity index (χ0n) is 12.4. The Kier molecular flexibility index (Phi) is 5.19. The lowest BCUT2D eigenvalue weighted by atomic mass is 10.1. The third-order valence-corrected chi connectivity index (χ3v) is 4.35. The zero-order chi connectivity index (χ0) is 15.0. The number of carbonyl (C=O) groups is 1. The summed E-state index contributed by atoms with van der Waals surface area (Å²) in [5.74, 6) is 1.18. The van der Waals surface area contributed by atoms with Gasteiger partial charge in [0.05, 0.1) is 7.05 Å². The van der Waals surface area contributed by atoms with Gasteiger partial charge in [-0.1, -0.05) is 40.2 Å². The zero-order valence-corrected chi connectivity index (χ0v) is 15.6. The summed E-state index contributed by atoms with van der Waals surface area (Å²) in [6.07, 6.45) is 0. The SMILES string of the molecule is Cc1n(CC(=O)c2cccc(Br)c2)c2ccccc2[n+]1C.[Br-]. The van der Waals surface area contributed by atoms with Crippen molar-refractivity contribution in [2.24, 2.45) is 7.05 Å². The molecule has 3 rings (SSSR count). The average Bonchev–Trinajstić information content (AvgIpc) is 2.73. The van der Waals surface area contributed by atoms with Crippen molar-refractivity contribution in [3.63, 3.8) is 0 Å². The molecule has 0 radical (unpaired) electrons. The first-order valence-corrected chi connectivity index (χ1v) is 7.60. The van der Waals surface area contributed by atoms with Gasteiger partial charge in [-0.05, 0) is 24.3 Å². The third-order valence-electron chi connectivity index (χ3n) is 3.86. The van der Waals surface area contributed by atoms with Crippen LogP contribution in [0.1, 0.15) is 16.2 Å². The van der Waals surface area contributed by atoms with Gasteiger partial charge in [-0.3, -0.25) is 4.79 Å². The van der Waals surface area contributed by atoms with Crippen molar-refractivity contribution in [2.75, 3.05) is 0 Å². The van der Waals surface area contributed by atoms with Crippen molar-refractivity contribution in [1.82, 2.24) is 4.57 Å². The summed E-state index contributed by atoms with van der Waals surface area (Å²) in [5, 5.41) is 0. The second kappa shape index (κ2) is 6.75. The Morgan fingerprint density at radius 1 is 1.18 bits per heavy atom. The minimum atomic E-state index is 0. The number of aryl methyl sites for hydroxylation is 1. The van der Waals surface area contributed by atoms with Gasteiger partial charge in [0.15, 0.2) is 17.6 Å². The van der Waals surface area contributed by atoms with Crippen LogP contribution in [0.25, 0.3) is 11.0 Å². The van der Waals surface area contributed by atoms with Crippen LogP contribution in [0, 0.1) is 6.92 Å². The van der Waals surface area contributed by atoms with Gasteiger partial charge >= 0.3 is 0 Å². The van der Waals surface area contributed by atoms with Crippen molar-refractivity contribution in [3.8, 4) is 0 Å². The van der Waals surface area contributed by atoms with E-state index in [1.54, 1.807) is 0 Å². The molecular formula is C17H16Br2N2O. The lowest BCUT2D eigenvalue weighted by molar-refractivity contribution is -0.652. The highest BCUT2D eigenvalue weighted by Crippen LogP contribution is 2.16. The van der Waals surface area contributed by atoms with Gasteiger partial charge in [-0.15, -0.1) is 0 Å². The molecule has 0 saturated carbocycles. The first-order valence-electron chi connectivity index (χ1n) is 6.80. The number of para-hydroxylation sites is 2. The summed E-state index contributed by atoms with van der Waals surface area (Å²) in [7, 11) is 2.03. The van der Waals surface area contributed by atoms with Crippen molar-refractivity contribution >= 4 is 32.7 Å². The first-order chi connectivity index (χ1) is 10.1. The van der Waals surface area contributed by atoms with Crippen molar-refractivity contribution in [3.05, 3.63) is 64.4 Å². The van der Waals surface area contributed by atoms with Crippen LogP contribution in [0.5, 0.6) is 0 Å². The second-order valence-electron chi connectivity index (χ2n) is 5.11. The van der Waals surface area contributed by atoms with Gasteiger partial charge in [-0.2, -0.15) is 0 Å². The number of imidazole rings is 1. The van der Waals surface area contributed by atoms with Crippen LogP contribution in [0.4, 0.5) is 0 Å². The van der Waals surface area contributed by atoms with E-state index in [0.29, 0.717) is 6.54 Å². The van der Waals surface area contributed by atoms with E-state index in [1.807, 2.05) is 50.4 Å². The van der Waals surface area contributed by atoms with Crippen LogP contribution in [-0.2, 0) is 13.6 Å². The monoisotopic (exact) mass is 422 g/mol. The van der Waals surface area contributed by atoms with Gasteiger partial charge in [0, 0.05) is 17.0 Å². The highest BCUT2D eigenvalue weighted by Gasteiger charge is 2.21. The lowest BCUT2D eigenvalue weighted by Gasteiger charge is -2.01. The molecule has 0 aliphatic carbocycles. The minimum Gasteiger partial charge on any atom is -1.00 e. The number of carbonyl (C=O) groups excluding carboxylic acids is 1. The summed E-state index contributed by atoms with van der Waals surface area (Å²) in [4.78, 5) is 12.5. The molecule has 0 unspecified atom stereocenters. The Hall–Kier alpha value is -1.46. The number of nitrogens with zero attached hydrogens (tertiary/aromatic N) is 2. The van der Waals surface area contributed by atoms with Gasteiger partial charge in [0.2, 0.25) is 5.78 Å². The standard InChI is InChI=1S/C17H16BrN2O.BrH/c1-12-19(2)15-8-3-4-9-16(15)20(12)11-17(21)13-6-5-7-14(18)10-13;/h3-10H,11H2,1-2H3;1H/q+1;/p-1. The summed E-state index contributed by atoms with van der Waals surface area (Å²) in [5.41, 5.74) is 2.95. The summed E-state index contributed by atoms with van der Waals surface area (Å²) in [6.45, 7) is 2.39. The highest BCUT2D eigenvalue weighted by atomic mass is 79.9. The molecule has 5 heteroatoms. The molecule has 22 heavy (non-hydrogen) atoms. The van der Waals surface area contributed by atoms with Gasteiger partial charge in [-0.25, -0.2) is 9.13 Å². The maximum Gasteiger partial charge on any atom is 0.254 e. The topological polar surface area (TPSA) is 25.9 Å². The van der Waals surface area contributed by atoms with E-state index in [4.69, 9.17) is 0 Å². The fraction of sp³-hybridized carbons (Fsp3) is 0.176. The van der Waals surface area contributed by atoms with Crippen molar-refractivity contribution < 1.29 is 26.3 Å². The fourth-order valence-electron chi connectivity index (χ4n) is 2.60. The Bertz CT molecular complexity index is 840. The van der Waals surface area contributed by atoms with Gasteiger partial charge in [0.1, 0.15) is 0 Å². The van der Waals surface area contributed by atoms with Crippen LogP contribution in [-0.4, -0.2) is 10.4 Å². The molecule has 0 N–H and O–H groups in total.